The van der Waals surface area contributed by atoms with E-state index in [0.29, 0.717) is 6.42 Å². The van der Waals surface area contributed by atoms with Gasteiger partial charge in [-0.05, 0) is 22.6 Å². The van der Waals surface area contributed by atoms with E-state index in [-0.39, 0.29) is 6.54 Å². The summed E-state index contributed by atoms with van der Waals surface area (Å²) < 4.78 is 24.3. The Morgan fingerprint density at radius 3 is 2.46 bits per heavy atom. The summed E-state index contributed by atoms with van der Waals surface area (Å²) in [5, 5.41) is 2.38. The van der Waals surface area contributed by atoms with Gasteiger partial charge in [0.1, 0.15) is 0 Å². The van der Waals surface area contributed by atoms with Gasteiger partial charge < -0.3 is 0 Å². The highest BCUT2D eigenvalue weighted by Crippen LogP contribution is 2.19. The number of sulfonamides is 1. The van der Waals surface area contributed by atoms with Crippen molar-refractivity contribution in [1.82, 2.24) is 9.71 Å². The lowest BCUT2D eigenvalue weighted by molar-refractivity contribution is 0.592. The van der Waals surface area contributed by atoms with Gasteiger partial charge in [0.05, 0.1) is 18.5 Å². The van der Waals surface area contributed by atoms with Gasteiger partial charge in [-0.2, -0.15) is 0 Å². The molecule has 0 spiro atoms. The Morgan fingerprint density at radius 1 is 0.962 bits per heavy atom. The minimum atomic E-state index is -3.18. The van der Waals surface area contributed by atoms with E-state index in [0.717, 1.165) is 23.9 Å². The summed E-state index contributed by atoms with van der Waals surface area (Å²) in [4.78, 5) is 4.54. The van der Waals surface area contributed by atoms with Crippen LogP contribution in [0.15, 0.2) is 60.8 Å². The van der Waals surface area contributed by atoms with Crippen molar-refractivity contribution in [2.75, 3.05) is 12.8 Å². The highest BCUT2D eigenvalue weighted by molar-refractivity contribution is 7.88. The van der Waals surface area contributed by atoms with Crippen LogP contribution in [0.4, 0.5) is 0 Å². The van der Waals surface area contributed by atoms with Gasteiger partial charge in [0, 0.05) is 24.4 Å². The zero-order valence-electron chi connectivity index (χ0n) is 14.6. The molecule has 1 N–H and O–H groups in total. The molecule has 4 nitrogen and oxygen atoms in total. The average molecular weight is 364 g/mol. The fourth-order valence-corrected chi connectivity index (χ4v) is 3.02. The molecule has 0 aliphatic carbocycles. The number of hydrogen-bond acceptors (Lipinski definition) is 3. The maximum atomic E-state index is 10.9. The molecular formula is C21H20N2O2S. The molecule has 0 radical (unpaired) electrons. The fraction of sp³-hybridized carbons (Fsp3) is 0.190. The van der Waals surface area contributed by atoms with Gasteiger partial charge in [0.25, 0.3) is 0 Å². The molecule has 3 aromatic rings. The number of fused-ring (bicyclic) bond motifs is 1. The largest absolute Gasteiger partial charge is 0.260 e. The molecule has 0 unspecified atom stereocenters. The van der Waals surface area contributed by atoms with E-state index in [9.17, 15) is 8.42 Å². The molecule has 5 heteroatoms. The number of benzene rings is 2. The summed E-state index contributed by atoms with van der Waals surface area (Å²) >= 11 is 0. The van der Waals surface area contributed by atoms with Gasteiger partial charge in [-0.1, -0.05) is 60.4 Å². The lowest BCUT2D eigenvalue weighted by Crippen LogP contribution is -2.21. The van der Waals surface area contributed by atoms with Gasteiger partial charge in [-0.3, -0.25) is 4.98 Å². The Hall–Kier alpha value is -2.68. The van der Waals surface area contributed by atoms with Crippen molar-refractivity contribution in [2.24, 2.45) is 0 Å². The van der Waals surface area contributed by atoms with E-state index < -0.39 is 10.0 Å². The Bertz CT molecular complexity index is 1060. The molecule has 0 bridgehead atoms. The van der Waals surface area contributed by atoms with Crippen molar-refractivity contribution in [2.45, 2.75) is 12.8 Å². The first-order valence-electron chi connectivity index (χ1n) is 8.32. The molecule has 2 aromatic carbocycles. The van der Waals surface area contributed by atoms with Crippen LogP contribution in [-0.4, -0.2) is 26.2 Å². The quantitative estimate of drug-likeness (QED) is 0.708. The number of nitrogens with zero attached hydrogens (tertiary/aromatic N) is 1. The second kappa shape index (κ2) is 8.13. The standard InChI is InChI=1S/C21H20N2O2S/c1-26(24,25)23-14-5-4-6-17-9-11-18(12-10-17)16-21-20-8-3-2-7-19(20)13-15-22-21/h2-3,7-13,15,23H,6,14,16H2,1H3. The molecule has 0 aliphatic heterocycles. The molecule has 0 aliphatic rings. The minimum absolute atomic E-state index is 0.143. The first-order chi connectivity index (χ1) is 12.5. The van der Waals surface area contributed by atoms with Gasteiger partial charge in [-0.25, -0.2) is 13.1 Å². The van der Waals surface area contributed by atoms with E-state index in [1.807, 2.05) is 24.4 Å². The SMILES string of the molecule is CS(=O)(=O)NCC#CCc1ccc(Cc2nccc3ccccc23)cc1. The second-order valence-electron chi connectivity index (χ2n) is 6.10. The Balaban J connectivity index is 1.64. The molecular weight excluding hydrogens is 344 g/mol. The van der Waals surface area contributed by atoms with Crippen LogP contribution in [0.2, 0.25) is 0 Å². The maximum Gasteiger partial charge on any atom is 0.209 e. The highest BCUT2D eigenvalue weighted by atomic mass is 32.2. The molecule has 1 heterocycles. The third-order valence-electron chi connectivity index (χ3n) is 3.99. The van der Waals surface area contributed by atoms with Crippen LogP contribution in [0, 0.1) is 11.8 Å². The van der Waals surface area contributed by atoms with Crippen molar-refractivity contribution in [3.05, 3.63) is 77.6 Å². The van der Waals surface area contributed by atoms with E-state index >= 15 is 0 Å². The molecule has 0 atom stereocenters. The number of aromatic nitrogens is 1. The van der Waals surface area contributed by atoms with Crippen LogP contribution >= 0.6 is 0 Å². The van der Waals surface area contributed by atoms with Crippen molar-refractivity contribution in [3.63, 3.8) is 0 Å². The fourth-order valence-electron chi connectivity index (χ4n) is 2.69. The molecule has 26 heavy (non-hydrogen) atoms. The van der Waals surface area contributed by atoms with Crippen molar-refractivity contribution >= 4 is 20.8 Å². The van der Waals surface area contributed by atoms with Gasteiger partial charge in [0.15, 0.2) is 0 Å². The summed E-state index contributed by atoms with van der Waals surface area (Å²) in [5.74, 6) is 5.79. The van der Waals surface area contributed by atoms with Crippen molar-refractivity contribution in [3.8, 4) is 11.8 Å². The third kappa shape index (κ3) is 5.16. The summed E-state index contributed by atoms with van der Waals surface area (Å²) in [6.07, 6.45) is 4.36. The molecule has 0 fully saturated rings. The topological polar surface area (TPSA) is 59.1 Å². The number of nitrogens with one attached hydrogen (secondary N) is 1. The number of hydrogen-bond donors (Lipinski definition) is 1. The van der Waals surface area contributed by atoms with Gasteiger partial charge >= 0.3 is 0 Å². The van der Waals surface area contributed by atoms with Crippen LogP contribution < -0.4 is 4.72 Å². The first kappa shape index (κ1) is 18.1. The lowest BCUT2D eigenvalue weighted by Gasteiger charge is -2.06. The van der Waals surface area contributed by atoms with Crippen molar-refractivity contribution < 1.29 is 8.42 Å². The molecule has 0 amide bonds. The van der Waals surface area contributed by atoms with E-state index in [1.165, 1.54) is 16.3 Å². The molecule has 3 rings (SSSR count). The zero-order chi connectivity index (χ0) is 18.4. The first-order valence-corrected chi connectivity index (χ1v) is 10.2. The monoisotopic (exact) mass is 364 g/mol. The van der Waals surface area contributed by atoms with E-state index in [1.54, 1.807) is 0 Å². The summed E-state index contributed by atoms with van der Waals surface area (Å²) in [7, 11) is -3.18. The lowest BCUT2D eigenvalue weighted by atomic mass is 10.0. The molecule has 0 saturated carbocycles. The highest BCUT2D eigenvalue weighted by Gasteiger charge is 2.03. The third-order valence-corrected chi connectivity index (χ3v) is 4.66. The molecule has 0 saturated heterocycles. The smallest absolute Gasteiger partial charge is 0.209 e. The van der Waals surface area contributed by atoms with Crippen LogP contribution in [0.3, 0.4) is 0 Å². The Labute approximate surface area is 154 Å². The molecule has 132 valence electrons. The van der Waals surface area contributed by atoms with E-state index in [2.05, 4.69) is 57.9 Å². The van der Waals surface area contributed by atoms with Crippen molar-refractivity contribution in [1.29, 1.82) is 0 Å². The summed E-state index contributed by atoms with van der Waals surface area (Å²) in [6, 6.07) is 18.6. The Kier molecular flexibility index (Phi) is 5.67. The minimum Gasteiger partial charge on any atom is -0.260 e. The van der Waals surface area contributed by atoms with Crippen LogP contribution in [0.25, 0.3) is 10.8 Å². The van der Waals surface area contributed by atoms with Gasteiger partial charge in [-0.15, -0.1) is 0 Å². The van der Waals surface area contributed by atoms with E-state index in [4.69, 9.17) is 0 Å². The normalized spacial score (nSPS) is 11.1. The average Bonchev–Trinajstić information content (AvgIpc) is 2.62. The summed E-state index contributed by atoms with van der Waals surface area (Å²) in [5.41, 5.74) is 3.37. The molecule has 1 aromatic heterocycles. The predicted octanol–water partition coefficient (Wildman–Crippen LogP) is 2.92. The van der Waals surface area contributed by atoms with Crippen LogP contribution in [0.1, 0.15) is 16.8 Å². The summed E-state index contributed by atoms with van der Waals surface area (Å²) in [6.45, 7) is 0.143. The van der Waals surface area contributed by atoms with Crippen LogP contribution in [-0.2, 0) is 22.9 Å². The van der Waals surface area contributed by atoms with Crippen LogP contribution in [0.5, 0.6) is 0 Å². The van der Waals surface area contributed by atoms with Gasteiger partial charge in [0.2, 0.25) is 10.0 Å². The maximum absolute atomic E-state index is 10.9. The zero-order valence-corrected chi connectivity index (χ0v) is 15.4. The predicted molar refractivity (Wildman–Crippen MR) is 105 cm³/mol. The number of pyridine rings is 1. The Morgan fingerprint density at radius 2 is 1.69 bits per heavy atom. The number of rotatable bonds is 5. The second-order valence-corrected chi connectivity index (χ2v) is 7.93.